The van der Waals surface area contributed by atoms with E-state index in [1.165, 1.54) is 15.6 Å². The lowest BCUT2D eigenvalue weighted by Crippen LogP contribution is -2.42. The Morgan fingerprint density at radius 1 is 1.33 bits per heavy atom. The molecule has 0 aromatic carbocycles. The fraction of sp³-hybridized carbons (Fsp3) is 0.733. The van der Waals surface area contributed by atoms with Gasteiger partial charge < -0.3 is 5.32 Å². The van der Waals surface area contributed by atoms with Crippen LogP contribution in [0.2, 0.25) is 0 Å². The van der Waals surface area contributed by atoms with Gasteiger partial charge in [-0.3, -0.25) is 0 Å². The predicted octanol–water partition coefficient (Wildman–Crippen LogP) is 3.30. The zero-order valence-corrected chi connectivity index (χ0v) is 15.6. The Balaban J connectivity index is 2.88. The lowest BCUT2D eigenvalue weighted by molar-refractivity contribution is 0.217. The third kappa shape index (κ3) is 4.77. The van der Waals surface area contributed by atoms with Crippen molar-refractivity contribution in [2.24, 2.45) is 5.41 Å². The summed E-state index contributed by atoms with van der Waals surface area (Å²) in [6.07, 6.45) is 1.07. The molecule has 6 heteroatoms. The second-order valence-electron chi connectivity index (χ2n) is 6.46. The monoisotopic (exact) mass is 332 g/mol. The fourth-order valence-corrected chi connectivity index (χ4v) is 4.93. The van der Waals surface area contributed by atoms with Crippen molar-refractivity contribution in [2.75, 3.05) is 13.6 Å². The minimum atomic E-state index is -3.41. The third-order valence-corrected chi connectivity index (χ3v) is 7.28. The quantitative estimate of drug-likeness (QED) is 0.779. The Kier molecular flexibility index (Phi) is 6.40. The number of nitrogens with zero attached hydrogens (tertiary/aromatic N) is 1. The second kappa shape index (κ2) is 7.22. The van der Waals surface area contributed by atoms with Crippen LogP contribution in [0.4, 0.5) is 0 Å². The van der Waals surface area contributed by atoms with Gasteiger partial charge in [-0.1, -0.05) is 27.7 Å². The van der Waals surface area contributed by atoms with Crippen LogP contribution in [0.3, 0.4) is 0 Å². The van der Waals surface area contributed by atoms with E-state index in [2.05, 4.69) is 33.0 Å². The van der Waals surface area contributed by atoms with Crippen LogP contribution in [0.15, 0.2) is 16.3 Å². The smallest absolute Gasteiger partial charge is 0.252 e. The van der Waals surface area contributed by atoms with E-state index in [4.69, 9.17) is 0 Å². The molecule has 1 rings (SSSR count). The summed E-state index contributed by atoms with van der Waals surface area (Å²) in [6.45, 7) is 11.9. The van der Waals surface area contributed by atoms with Crippen LogP contribution in [0.25, 0.3) is 0 Å². The molecule has 0 aliphatic rings. The first kappa shape index (κ1) is 18.6. The van der Waals surface area contributed by atoms with E-state index >= 15 is 0 Å². The zero-order valence-electron chi connectivity index (χ0n) is 13.9. The maximum absolute atomic E-state index is 12.7. The predicted molar refractivity (Wildman–Crippen MR) is 90.2 cm³/mol. The highest BCUT2D eigenvalue weighted by Gasteiger charge is 2.33. The van der Waals surface area contributed by atoms with E-state index in [1.54, 1.807) is 13.1 Å². The maximum atomic E-state index is 12.7. The van der Waals surface area contributed by atoms with Crippen LogP contribution >= 0.6 is 11.3 Å². The van der Waals surface area contributed by atoms with Crippen LogP contribution < -0.4 is 5.32 Å². The first-order chi connectivity index (χ1) is 9.60. The van der Waals surface area contributed by atoms with Gasteiger partial charge in [-0.25, -0.2) is 8.42 Å². The minimum Gasteiger partial charge on any atom is -0.312 e. The number of thiophene rings is 1. The van der Waals surface area contributed by atoms with Gasteiger partial charge in [0.05, 0.1) is 0 Å². The summed E-state index contributed by atoms with van der Waals surface area (Å²) in [4.78, 5) is 1.05. The Labute approximate surface area is 133 Å². The Hall–Kier alpha value is -0.430. The molecule has 0 bridgehead atoms. The van der Waals surface area contributed by atoms with Gasteiger partial charge in [0.15, 0.2) is 0 Å². The number of rotatable bonds is 7. The molecule has 1 aromatic rings. The third-order valence-electron chi connectivity index (χ3n) is 3.80. The van der Waals surface area contributed by atoms with Crippen molar-refractivity contribution in [3.8, 4) is 0 Å². The molecule has 0 aliphatic heterocycles. The van der Waals surface area contributed by atoms with Crippen molar-refractivity contribution in [1.29, 1.82) is 0 Å². The van der Waals surface area contributed by atoms with Crippen molar-refractivity contribution in [1.82, 2.24) is 9.62 Å². The average molecular weight is 333 g/mol. The highest BCUT2D eigenvalue weighted by Crippen LogP contribution is 2.30. The zero-order chi connectivity index (χ0) is 16.3. The highest BCUT2D eigenvalue weighted by molar-refractivity contribution is 7.91. The molecule has 0 fully saturated rings. The molecule has 4 nitrogen and oxygen atoms in total. The summed E-state index contributed by atoms with van der Waals surface area (Å²) in [6, 6.07) is 3.55. The van der Waals surface area contributed by atoms with Gasteiger partial charge in [0, 0.05) is 24.5 Å². The summed E-state index contributed by atoms with van der Waals surface area (Å²) in [5.74, 6) is 0. The molecule has 0 amide bonds. The van der Waals surface area contributed by atoms with Gasteiger partial charge in [0.1, 0.15) is 4.21 Å². The number of sulfonamides is 1. The largest absolute Gasteiger partial charge is 0.312 e. The molecule has 1 heterocycles. The van der Waals surface area contributed by atoms with Crippen LogP contribution in [-0.2, 0) is 16.6 Å². The van der Waals surface area contributed by atoms with Crippen LogP contribution in [0.5, 0.6) is 0 Å². The molecule has 1 atom stereocenters. The number of hydrogen-bond donors (Lipinski definition) is 1. The topological polar surface area (TPSA) is 49.4 Å². The molecule has 0 saturated heterocycles. The molecule has 0 aliphatic carbocycles. The summed E-state index contributed by atoms with van der Waals surface area (Å²) in [5.41, 5.74) is -0.0927. The van der Waals surface area contributed by atoms with Crippen molar-refractivity contribution in [2.45, 2.75) is 57.8 Å². The Morgan fingerprint density at radius 2 is 1.95 bits per heavy atom. The molecule has 122 valence electrons. The molecule has 0 spiro atoms. The molecule has 21 heavy (non-hydrogen) atoms. The summed E-state index contributed by atoms with van der Waals surface area (Å²) in [7, 11) is -1.74. The minimum absolute atomic E-state index is 0.0636. The standard InChI is InChI=1S/C15H28N2O2S2/c1-7-10-16-11-13-8-9-14(20-13)21(18,19)17(6)12(2)15(3,4)5/h8-9,12,16H,7,10-11H2,1-6H3. The van der Waals surface area contributed by atoms with Gasteiger partial charge in [-0.05, 0) is 37.4 Å². The average Bonchev–Trinajstić information content (AvgIpc) is 2.85. The van der Waals surface area contributed by atoms with Crippen LogP contribution in [-0.4, -0.2) is 32.4 Å². The van der Waals surface area contributed by atoms with E-state index in [0.717, 1.165) is 24.4 Å². The van der Waals surface area contributed by atoms with Crippen molar-refractivity contribution in [3.05, 3.63) is 17.0 Å². The summed E-state index contributed by atoms with van der Waals surface area (Å²) >= 11 is 1.35. The van der Waals surface area contributed by atoms with Crippen molar-refractivity contribution >= 4 is 21.4 Å². The van der Waals surface area contributed by atoms with Gasteiger partial charge in [0.25, 0.3) is 10.0 Å². The molecular weight excluding hydrogens is 304 g/mol. The van der Waals surface area contributed by atoms with E-state index in [1.807, 2.05) is 13.0 Å². The highest BCUT2D eigenvalue weighted by atomic mass is 32.2. The molecule has 1 aromatic heterocycles. The van der Waals surface area contributed by atoms with E-state index in [-0.39, 0.29) is 11.5 Å². The SMILES string of the molecule is CCCNCc1ccc(S(=O)(=O)N(C)C(C)C(C)(C)C)s1. The molecule has 0 radical (unpaired) electrons. The lowest BCUT2D eigenvalue weighted by Gasteiger charge is -2.34. The number of nitrogens with one attached hydrogen (secondary N) is 1. The lowest BCUT2D eigenvalue weighted by atomic mass is 9.88. The van der Waals surface area contributed by atoms with Crippen molar-refractivity contribution < 1.29 is 8.42 Å². The van der Waals surface area contributed by atoms with E-state index in [0.29, 0.717) is 4.21 Å². The van der Waals surface area contributed by atoms with Gasteiger partial charge in [-0.15, -0.1) is 11.3 Å². The van der Waals surface area contributed by atoms with Crippen LogP contribution in [0, 0.1) is 5.41 Å². The first-order valence-electron chi connectivity index (χ1n) is 7.38. The molecular formula is C15H28N2O2S2. The summed E-state index contributed by atoms with van der Waals surface area (Å²) < 4.78 is 27.3. The van der Waals surface area contributed by atoms with Crippen molar-refractivity contribution in [3.63, 3.8) is 0 Å². The normalized spacial score (nSPS) is 14.6. The molecule has 1 N–H and O–H groups in total. The fourth-order valence-electron chi connectivity index (χ4n) is 1.88. The molecule has 1 unspecified atom stereocenters. The number of hydrogen-bond acceptors (Lipinski definition) is 4. The van der Waals surface area contributed by atoms with E-state index in [9.17, 15) is 8.42 Å². The second-order valence-corrected chi connectivity index (χ2v) is 9.85. The van der Waals surface area contributed by atoms with Gasteiger partial charge in [-0.2, -0.15) is 4.31 Å². The maximum Gasteiger partial charge on any atom is 0.252 e. The van der Waals surface area contributed by atoms with Gasteiger partial charge in [0.2, 0.25) is 0 Å². The van der Waals surface area contributed by atoms with E-state index < -0.39 is 10.0 Å². The summed E-state index contributed by atoms with van der Waals surface area (Å²) in [5, 5.41) is 3.29. The Morgan fingerprint density at radius 3 is 2.48 bits per heavy atom. The van der Waals surface area contributed by atoms with Gasteiger partial charge >= 0.3 is 0 Å². The first-order valence-corrected chi connectivity index (χ1v) is 9.63. The Bertz CT molecular complexity index is 544. The molecule has 0 saturated carbocycles. The van der Waals surface area contributed by atoms with Crippen LogP contribution in [0.1, 0.15) is 45.9 Å².